The first-order valence-corrected chi connectivity index (χ1v) is 15.2. The molecule has 1 aliphatic rings. The van der Waals surface area contributed by atoms with Gasteiger partial charge >= 0.3 is 0 Å². The van der Waals surface area contributed by atoms with Crippen LogP contribution in [0.5, 0.6) is 0 Å². The van der Waals surface area contributed by atoms with Crippen molar-refractivity contribution in [2.45, 2.75) is 65.1 Å². The SMILES string of the molecule is CC(C)(C)C(=O)N(C(=O)[C@@H]1CCCN1)[C@H](Cc1ccc2ccccc2c1)C(=O)NCCCNCc1cccc(Br)c1. The molecule has 0 radical (unpaired) electrons. The average Bonchev–Trinajstić information content (AvgIpc) is 3.49. The van der Waals surface area contributed by atoms with Crippen molar-refractivity contribution in [3.63, 3.8) is 0 Å². The molecule has 1 heterocycles. The molecule has 0 unspecified atom stereocenters. The van der Waals surface area contributed by atoms with E-state index in [2.05, 4.69) is 44.0 Å². The van der Waals surface area contributed by atoms with Crippen molar-refractivity contribution in [1.82, 2.24) is 20.9 Å². The van der Waals surface area contributed by atoms with Crippen LogP contribution >= 0.6 is 15.9 Å². The Morgan fingerprint density at radius 3 is 2.46 bits per heavy atom. The minimum atomic E-state index is -0.951. The summed E-state index contributed by atoms with van der Waals surface area (Å²) in [7, 11) is 0. The largest absolute Gasteiger partial charge is 0.354 e. The van der Waals surface area contributed by atoms with Crippen LogP contribution in [0, 0.1) is 5.41 Å². The number of hydrogen-bond acceptors (Lipinski definition) is 5. The standard InChI is InChI=1S/C33H41BrN4O3/c1-33(2,3)32(41)38(31(40)28-13-7-17-36-28)29(21-23-14-15-25-10-4-5-11-26(25)19-23)30(39)37-18-8-16-35-22-24-9-6-12-27(34)20-24/h4-6,9-12,14-15,19-20,28-29,35-36H,7-8,13,16-18,21-22H2,1-3H3,(H,37,39)/t28-,29+/m0/s1. The second kappa shape index (κ2) is 14.2. The van der Waals surface area contributed by atoms with Crippen LogP contribution < -0.4 is 16.0 Å². The van der Waals surface area contributed by atoms with E-state index in [1.807, 2.05) is 54.6 Å². The summed E-state index contributed by atoms with van der Waals surface area (Å²) >= 11 is 3.50. The molecule has 218 valence electrons. The number of fused-ring (bicyclic) bond motifs is 1. The van der Waals surface area contributed by atoms with Gasteiger partial charge in [-0.3, -0.25) is 19.3 Å². The van der Waals surface area contributed by atoms with Gasteiger partial charge in [0.05, 0.1) is 6.04 Å². The lowest BCUT2D eigenvalue weighted by atomic mass is 9.91. The van der Waals surface area contributed by atoms with Crippen LogP contribution in [-0.2, 0) is 27.3 Å². The van der Waals surface area contributed by atoms with Crippen molar-refractivity contribution < 1.29 is 14.4 Å². The summed E-state index contributed by atoms with van der Waals surface area (Å²) in [6, 6.07) is 20.8. The number of nitrogens with one attached hydrogen (secondary N) is 3. The third kappa shape index (κ3) is 8.47. The van der Waals surface area contributed by atoms with E-state index < -0.39 is 17.5 Å². The van der Waals surface area contributed by atoms with Crippen molar-refractivity contribution in [1.29, 1.82) is 0 Å². The zero-order valence-corrected chi connectivity index (χ0v) is 25.8. The molecule has 7 nitrogen and oxygen atoms in total. The smallest absolute Gasteiger partial charge is 0.247 e. The third-order valence-corrected chi connectivity index (χ3v) is 7.85. The molecule has 0 aromatic heterocycles. The van der Waals surface area contributed by atoms with Crippen LogP contribution in [0.15, 0.2) is 71.2 Å². The molecule has 4 rings (SSSR count). The monoisotopic (exact) mass is 620 g/mol. The van der Waals surface area contributed by atoms with Crippen molar-refractivity contribution in [2.24, 2.45) is 5.41 Å². The molecular formula is C33H41BrN4O3. The summed E-state index contributed by atoms with van der Waals surface area (Å²) in [5, 5.41) is 11.8. The van der Waals surface area contributed by atoms with E-state index in [9.17, 15) is 14.4 Å². The van der Waals surface area contributed by atoms with Gasteiger partial charge in [0, 0.05) is 29.4 Å². The first-order chi connectivity index (χ1) is 19.6. The highest BCUT2D eigenvalue weighted by Gasteiger charge is 2.42. The minimum Gasteiger partial charge on any atom is -0.354 e. The molecule has 2 atom stereocenters. The van der Waals surface area contributed by atoms with E-state index in [0.717, 1.165) is 46.9 Å². The summed E-state index contributed by atoms with van der Waals surface area (Å²) in [4.78, 5) is 42.6. The van der Waals surface area contributed by atoms with Gasteiger partial charge in [-0.2, -0.15) is 0 Å². The number of carbonyl (C=O) groups is 3. The highest BCUT2D eigenvalue weighted by atomic mass is 79.9. The molecule has 0 aliphatic carbocycles. The summed E-state index contributed by atoms with van der Waals surface area (Å²) in [5.74, 6) is -0.971. The van der Waals surface area contributed by atoms with Crippen LogP contribution in [0.2, 0.25) is 0 Å². The molecule has 8 heteroatoms. The van der Waals surface area contributed by atoms with Crippen molar-refractivity contribution >= 4 is 44.4 Å². The number of rotatable bonds is 11. The number of nitrogens with zero attached hydrogens (tertiary/aromatic N) is 1. The second-order valence-electron chi connectivity index (χ2n) is 11.8. The Balaban J connectivity index is 1.50. The molecule has 3 aromatic rings. The molecular weight excluding hydrogens is 580 g/mol. The summed E-state index contributed by atoms with van der Waals surface area (Å²) in [6.07, 6.45) is 2.48. The number of amides is 3. The highest BCUT2D eigenvalue weighted by Crippen LogP contribution is 2.25. The first kappa shape index (κ1) is 30.9. The number of hydrogen-bond donors (Lipinski definition) is 3. The van der Waals surface area contributed by atoms with E-state index in [-0.39, 0.29) is 24.1 Å². The molecule has 1 aliphatic heterocycles. The van der Waals surface area contributed by atoms with Crippen molar-refractivity contribution in [2.75, 3.05) is 19.6 Å². The Morgan fingerprint density at radius 1 is 0.976 bits per heavy atom. The number of halogens is 1. The highest BCUT2D eigenvalue weighted by molar-refractivity contribution is 9.10. The molecule has 1 fully saturated rings. The lowest BCUT2D eigenvalue weighted by Gasteiger charge is -2.35. The van der Waals surface area contributed by atoms with E-state index in [1.165, 1.54) is 10.5 Å². The van der Waals surface area contributed by atoms with Crippen molar-refractivity contribution in [3.05, 3.63) is 82.3 Å². The van der Waals surface area contributed by atoms with Crippen LogP contribution in [0.4, 0.5) is 0 Å². The third-order valence-electron chi connectivity index (χ3n) is 7.36. The molecule has 3 amide bonds. The van der Waals surface area contributed by atoms with E-state index >= 15 is 0 Å². The van der Waals surface area contributed by atoms with Crippen LogP contribution in [-0.4, -0.2) is 54.3 Å². The molecule has 0 spiro atoms. The fraction of sp³-hybridized carbons (Fsp3) is 0.424. The van der Waals surface area contributed by atoms with Gasteiger partial charge < -0.3 is 16.0 Å². The molecule has 41 heavy (non-hydrogen) atoms. The average molecular weight is 622 g/mol. The summed E-state index contributed by atoms with van der Waals surface area (Å²) in [5.41, 5.74) is 1.25. The van der Waals surface area contributed by atoms with Crippen LogP contribution in [0.1, 0.15) is 51.2 Å². The maximum absolute atomic E-state index is 13.8. The van der Waals surface area contributed by atoms with Gasteiger partial charge in [0.2, 0.25) is 17.7 Å². The van der Waals surface area contributed by atoms with E-state index in [1.54, 1.807) is 20.8 Å². The minimum absolute atomic E-state index is 0.248. The maximum Gasteiger partial charge on any atom is 0.247 e. The Bertz CT molecular complexity index is 1360. The molecule has 1 saturated heterocycles. The second-order valence-corrected chi connectivity index (χ2v) is 12.7. The Kier molecular flexibility index (Phi) is 10.7. The van der Waals surface area contributed by atoms with E-state index in [0.29, 0.717) is 19.4 Å². The van der Waals surface area contributed by atoms with Gasteiger partial charge in [-0.25, -0.2) is 0 Å². The van der Waals surface area contributed by atoms with Gasteiger partial charge in [-0.05, 0) is 66.4 Å². The number of carbonyl (C=O) groups excluding carboxylic acids is 3. The van der Waals surface area contributed by atoms with Crippen LogP contribution in [0.25, 0.3) is 10.8 Å². The zero-order valence-electron chi connectivity index (χ0n) is 24.2. The Hall–Kier alpha value is -3.07. The Labute approximate surface area is 251 Å². The van der Waals surface area contributed by atoms with Crippen LogP contribution in [0.3, 0.4) is 0 Å². The first-order valence-electron chi connectivity index (χ1n) is 14.4. The zero-order chi connectivity index (χ0) is 29.4. The normalized spacial score (nSPS) is 16.0. The van der Waals surface area contributed by atoms with Gasteiger partial charge in [0.1, 0.15) is 6.04 Å². The van der Waals surface area contributed by atoms with Gasteiger partial charge in [-0.1, -0.05) is 91.3 Å². The van der Waals surface area contributed by atoms with E-state index in [4.69, 9.17) is 0 Å². The predicted octanol–water partition coefficient (Wildman–Crippen LogP) is 4.96. The number of benzene rings is 3. The topological polar surface area (TPSA) is 90.5 Å². The molecule has 3 aromatic carbocycles. The van der Waals surface area contributed by atoms with Crippen molar-refractivity contribution in [3.8, 4) is 0 Å². The molecule has 0 bridgehead atoms. The molecule has 3 N–H and O–H groups in total. The van der Waals surface area contributed by atoms with Gasteiger partial charge in [0.25, 0.3) is 0 Å². The quantitative estimate of drug-likeness (QED) is 0.264. The van der Waals surface area contributed by atoms with Gasteiger partial charge in [0.15, 0.2) is 0 Å². The fourth-order valence-electron chi connectivity index (χ4n) is 5.13. The molecule has 0 saturated carbocycles. The predicted molar refractivity (Wildman–Crippen MR) is 167 cm³/mol. The van der Waals surface area contributed by atoms with Gasteiger partial charge in [-0.15, -0.1) is 0 Å². The Morgan fingerprint density at radius 2 is 1.76 bits per heavy atom. The number of imide groups is 1. The lowest BCUT2D eigenvalue weighted by Crippen LogP contribution is -2.59. The summed E-state index contributed by atoms with van der Waals surface area (Å²) in [6.45, 7) is 7.99. The maximum atomic E-state index is 13.8. The lowest BCUT2D eigenvalue weighted by molar-refractivity contribution is -0.157. The summed E-state index contributed by atoms with van der Waals surface area (Å²) < 4.78 is 1.04. The fourth-order valence-corrected chi connectivity index (χ4v) is 5.58.